The van der Waals surface area contributed by atoms with Gasteiger partial charge in [0, 0.05) is 15.6 Å². The maximum atomic E-state index is 11.6. The van der Waals surface area contributed by atoms with Gasteiger partial charge in [0.2, 0.25) is 5.91 Å². The zero-order valence-electron chi connectivity index (χ0n) is 9.45. The van der Waals surface area contributed by atoms with Crippen LogP contribution in [0.5, 0.6) is 0 Å². The summed E-state index contributed by atoms with van der Waals surface area (Å²) in [4.78, 5) is 11.6. The lowest BCUT2D eigenvalue weighted by atomic mass is 9.96. The van der Waals surface area contributed by atoms with Crippen molar-refractivity contribution in [2.45, 2.75) is 12.8 Å². The molecule has 3 heteroatoms. The monoisotopic (exact) mass is 291 g/mol. The molecule has 1 fully saturated rings. The molecule has 0 unspecified atom stereocenters. The lowest BCUT2D eigenvalue weighted by Gasteiger charge is -2.12. The third-order valence-electron chi connectivity index (χ3n) is 2.85. The van der Waals surface area contributed by atoms with Crippen molar-refractivity contribution < 1.29 is 4.79 Å². The first kappa shape index (κ1) is 12.1. The second-order valence-corrected chi connectivity index (χ2v) is 5.16. The Hall–Kier alpha value is -1.35. The summed E-state index contributed by atoms with van der Waals surface area (Å²) in [6.07, 6.45) is 2.07. The van der Waals surface area contributed by atoms with E-state index in [1.165, 1.54) is 0 Å². The van der Waals surface area contributed by atoms with Crippen molar-refractivity contribution in [3.05, 3.63) is 52.5 Å². The van der Waals surface area contributed by atoms with Crippen LogP contribution in [-0.4, -0.2) is 5.91 Å². The number of rotatable bonds is 4. The standard InChI is InChI=1S/C14H14BrNO/c1-9(15)12(10-5-3-2-4-6-10)13(14(16)17)11-7-8-11/h2-6,11H,1,7-8H2,(H2,16,17). The van der Waals surface area contributed by atoms with Crippen LogP contribution in [0.3, 0.4) is 0 Å². The third kappa shape index (κ3) is 2.67. The molecule has 2 nitrogen and oxygen atoms in total. The number of nitrogens with two attached hydrogens (primary N) is 1. The molecule has 2 N–H and O–H groups in total. The fraction of sp³-hybridized carbons (Fsp3) is 0.214. The van der Waals surface area contributed by atoms with E-state index < -0.39 is 0 Å². The molecular formula is C14H14BrNO. The smallest absolute Gasteiger partial charge is 0.245 e. The van der Waals surface area contributed by atoms with Gasteiger partial charge < -0.3 is 5.73 Å². The Balaban J connectivity index is 2.57. The molecule has 0 atom stereocenters. The SMILES string of the molecule is C=C(Br)C(=C(C(N)=O)C1CC1)c1ccccc1. The van der Waals surface area contributed by atoms with Gasteiger partial charge in [0.15, 0.2) is 0 Å². The molecule has 0 heterocycles. The number of allylic oxidation sites excluding steroid dienone is 2. The summed E-state index contributed by atoms with van der Waals surface area (Å²) in [5.74, 6) is -0.0380. The van der Waals surface area contributed by atoms with E-state index in [0.29, 0.717) is 16.0 Å². The molecule has 0 saturated heterocycles. The Morgan fingerprint density at radius 2 is 1.88 bits per heavy atom. The maximum Gasteiger partial charge on any atom is 0.245 e. The number of primary amides is 1. The highest BCUT2D eigenvalue weighted by Crippen LogP contribution is 2.42. The second-order valence-electron chi connectivity index (χ2n) is 4.20. The molecule has 2 rings (SSSR count). The summed E-state index contributed by atoms with van der Waals surface area (Å²) >= 11 is 3.38. The van der Waals surface area contributed by atoms with Crippen LogP contribution in [-0.2, 0) is 4.79 Å². The number of hydrogen-bond acceptors (Lipinski definition) is 1. The largest absolute Gasteiger partial charge is 0.366 e. The lowest BCUT2D eigenvalue weighted by molar-refractivity contribution is -0.114. The first-order chi connectivity index (χ1) is 8.11. The topological polar surface area (TPSA) is 43.1 Å². The quantitative estimate of drug-likeness (QED) is 0.672. The van der Waals surface area contributed by atoms with E-state index in [2.05, 4.69) is 22.5 Å². The first-order valence-corrected chi connectivity index (χ1v) is 6.34. The molecule has 1 aromatic carbocycles. The minimum atomic E-state index is -0.341. The highest BCUT2D eigenvalue weighted by molar-refractivity contribution is 9.12. The van der Waals surface area contributed by atoms with Crippen molar-refractivity contribution in [3.8, 4) is 0 Å². The Kier molecular flexibility index (Phi) is 3.48. The minimum Gasteiger partial charge on any atom is -0.366 e. The van der Waals surface area contributed by atoms with Crippen LogP contribution in [0.1, 0.15) is 18.4 Å². The summed E-state index contributed by atoms with van der Waals surface area (Å²) in [6.45, 7) is 3.90. The van der Waals surface area contributed by atoms with Gasteiger partial charge in [-0.1, -0.05) is 52.8 Å². The third-order valence-corrected chi connectivity index (χ3v) is 3.25. The Bertz CT molecular complexity index is 486. The number of amides is 1. The van der Waals surface area contributed by atoms with E-state index >= 15 is 0 Å². The van der Waals surface area contributed by atoms with E-state index in [0.717, 1.165) is 24.0 Å². The Labute approximate surface area is 109 Å². The maximum absolute atomic E-state index is 11.6. The van der Waals surface area contributed by atoms with Gasteiger partial charge in [0.05, 0.1) is 0 Å². The molecule has 1 amide bonds. The van der Waals surface area contributed by atoms with Gasteiger partial charge in [0.1, 0.15) is 0 Å². The van der Waals surface area contributed by atoms with Gasteiger partial charge in [-0.25, -0.2) is 0 Å². The molecule has 0 aliphatic heterocycles. The normalized spacial score (nSPS) is 16.3. The predicted octanol–water partition coefficient (Wildman–Crippen LogP) is 3.24. The predicted molar refractivity (Wildman–Crippen MR) is 73.3 cm³/mol. The van der Waals surface area contributed by atoms with Crippen molar-refractivity contribution in [3.63, 3.8) is 0 Å². The zero-order valence-corrected chi connectivity index (χ0v) is 11.0. The summed E-state index contributed by atoms with van der Waals surface area (Å²) in [5.41, 5.74) is 8.03. The van der Waals surface area contributed by atoms with Crippen LogP contribution in [0.15, 0.2) is 47.0 Å². The van der Waals surface area contributed by atoms with E-state index in [4.69, 9.17) is 5.73 Å². The fourth-order valence-electron chi connectivity index (χ4n) is 1.96. The summed E-state index contributed by atoms with van der Waals surface area (Å²) in [7, 11) is 0. The van der Waals surface area contributed by atoms with E-state index in [-0.39, 0.29) is 5.91 Å². The van der Waals surface area contributed by atoms with Crippen molar-refractivity contribution >= 4 is 27.4 Å². The molecule has 17 heavy (non-hydrogen) atoms. The second kappa shape index (κ2) is 4.88. The average Bonchev–Trinajstić information content (AvgIpc) is 3.09. The van der Waals surface area contributed by atoms with Gasteiger partial charge in [-0.15, -0.1) is 0 Å². The van der Waals surface area contributed by atoms with Crippen LogP contribution in [0.2, 0.25) is 0 Å². The molecule has 88 valence electrons. The Morgan fingerprint density at radius 3 is 2.29 bits per heavy atom. The number of carbonyl (C=O) groups excluding carboxylic acids is 1. The van der Waals surface area contributed by atoms with Crippen molar-refractivity contribution in [2.24, 2.45) is 11.7 Å². The van der Waals surface area contributed by atoms with Crippen LogP contribution in [0, 0.1) is 5.92 Å². The molecule has 0 bridgehead atoms. The van der Waals surface area contributed by atoms with Crippen molar-refractivity contribution in [1.29, 1.82) is 0 Å². The number of benzene rings is 1. The first-order valence-electron chi connectivity index (χ1n) is 5.55. The molecule has 1 aliphatic rings. The van der Waals surface area contributed by atoms with Crippen LogP contribution < -0.4 is 5.73 Å². The van der Waals surface area contributed by atoms with Crippen molar-refractivity contribution in [1.82, 2.24) is 0 Å². The number of hydrogen-bond donors (Lipinski definition) is 1. The molecule has 0 radical (unpaired) electrons. The highest BCUT2D eigenvalue weighted by atomic mass is 79.9. The molecule has 0 spiro atoms. The van der Waals surface area contributed by atoms with E-state index in [9.17, 15) is 4.79 Å². The molecular weight excluding hydrogens is 278 g/mol. The van der Waals surface area contributed by atoms with Gasteiger partial charge in [-0.05, 0) is 24.3 Å². The molecule has 0 aromatic heterocycles. The molecule has 1 aromatic rings. The average molecular weight is 292 g/mol. The highest BCUT2D eigenvalue weighted by Gasteiger charge is 2.32. The summed E-state index contributed by atoms with van der Waals surface area (Å²) in [6, 6.07) is 9.76. The van der Waals surface area contributed by atoms with E-state index in [1.54, 1.807) is 0 Å². The lowest BCUT2D eigenvalue weighted by Crippen LogP contribution is -2.17. The van der Waals surface area contributed by atoms with Gasteiger partial charge in [-0.2, -0.15) is 0 Å². The van der Waals surface area contributed by atoms with Crippen LogP contribution in [0.4, 0.5) is 0 Å². The zero-order chi connectivity index (χ0) is 12.4. The minimum absolute atomic E-state index is 0.303. The summed E-state index contributed by atoms with van der Waals surface area (Å²) in [5, 5.41) is 0. The van der Waals surface area contributed by atoms with Crippen LogP contribution >= 0.6 is 15.9 Å². The van der Waals surface area contributed by atoms with E-state index in [1.807, 2.05) is 30.3 Å². The number of halogens is 1. The Morgan fingerprint density at radius 1 is 1.29 bits per heavy atom. The summed E-state index contributed by atoms with van der Waals surface area (Å²) < 4.78 is 0.712. The van der Waals surface area contributed by atoms with Gasteiger partial charge in [0.25, 0.3) is 0 Å². The molecule has 1 aliphatic carbocycles. The van der Waals surface area contributed by atoms with Crippen LogP contribution in [0.25, 0.3) is 5.57 Å². The molecule has 1 saturated carbocycles. The van der Waals surface area contributed by atoms with Crippen molar-refractivity contribution in [2.75, 3.05) is 0 Å². The van der Waals surface area contributed by atoms with Gasteiger partial charge in [-0.3, -0.25) is 4.79 Å². The number of carbonyl (C=O) groups is 1. The fourth-order valence-corrected chi connectivity index (χ4v) is 2.41. The van der Waals surface area contributed by atoms with Gasteiger partial charge >= 0.3 is 0 Å².